The van der Waals surface area contributed by atoms with E-state index in [0.717, 1.165) is 41.2 Å². The molecule has 0 radical (unpaired) electrons. The first-order valence-electron chi connectivity index (χ1n) is 12.1. The van der Waals surface area contributed by atoms with Crippen molar-refractivity contribution >= 4 is 17.6 Å². The predicted octanol–water partition coefficient (Wildman–Crippen LogP) is 3.80. The van der Waals surface area contributed by atoms with Gasteiger partial charge in [-0.3, -0.25) is 14.5 Å². The molecule has 0 saturated carbocycles. The second-order valence-corrected chi connectivity index (χ2v) is 8.74. The van der Waals surface area contributed by atoms with Crippen LogP contribution in [0.5, 0.6) is 11.5 Å². The Morgan fingerprint density at radius 2 is 1.63 bits per heavy atom. The van der Waals surface area contributed by atoms with Gasteiger partial charge in [0.25, 0.3) is 5.91 Å². The van der Waals surface area contributed by atoms with Gasteiger partial charge in [-0.25, -0.2) is 5.01 Å². The van der Waals surface area contributed by atoms with E-state index >= 15 is 0 Å². The van der Waals surface area contributed by atoms with Gasteiger partial charge in [-0.05, 0) is 73.8 Å². The molecule has 0 unspecified atom stereocenters. The van der Waals surface area contributed by atoms with Crippen LogP contribution in [0.4, 0.5) is 0 Å². The molecule has 2 atom stereocenters. The van der Waals surface area contributed by atoms with E-state index in [4.69, 9.17) is 19.3 Å². The number of esters is 1. The lowest BCUT2D eigenvalue weighted by Crippen LogP contribution is -2.49. The molecule has 1 fully saturated rings. The van der Waals surface area contributed by atoms with Crippen molar-refractivity contribution in [1.29, 1.82) is 0 Å². The molecule has 2 aromatic rings. The first-order chi connectivity index (χ1) is 17.0. The van der Waals surface area contributed by atoms with E-state index in [1.807, 2.05) is 53.4 Å². The summed E-state index contributed by atoms with van der Waals surface area (Å²) in [5.74, 6) is 1.13. The maximum absolute atomic E-state index is 13.6. The Hall–Kier alpha value is -3.39. The Kier molecular flexibility index (Phi) is 8.02. The molecule has 186 valence electrons. The summed E-state index contributed by atoms with van der Waals surface area (Å²) < 4.78 is 15.8. The van der Waals surface area contributed by atoms with Crippen LogP contribution in [-0.2, 0) is 14.3 Å². The molecule has 1 amide bonds. The maximum Gasteiger partial charge on any atom is 0.323 e. The number of carbonyl (C=O) groups excluding carboxylic acids is 2. The number of hydrazone groups is 1. The number of ether oxygens (including phenoxy) is 3. The fourth-order valence-corrected chi connectivity index (χ4v) is 4.72. The third-order valence-electron chi connectivity index (χ3n) is 6.60. The summed E-state index contributed by atoms with van der Waals surface area (Å²) in [6, 6.07) is 14.8. The molecule has 2 aliphatic heterocycles. The Bertz CT molecular complexity index is 1050. The van der Waals surface area contributed by atoms with Gasteiger partial charge in [0.2, 0.25) is 0 Å². The number of hydrogen-bond donors (Lipinski definition) is 0. The quantitative estimate of drug-likeness (QED) is 0.536. The lowest BCUT2D eigenvalue weighted by atomic mass is 9.98. The Balaban J connectivity index is 1.59. The zero-order chi connectivity index (χ0) is 24.8. The highest BCUT2D eigenvalue weighted by molar-refractivity contribution is 6.03. The molecule has 0 N–H and O–H groups in total. The second-order valence-electron chi connectivity index (χ2n) is 8.74. The SMILES string of the molecule is CCOC(=O)[C@H]1CCCCN1CC(=O)N1N=C(c2ccc(OC)cc2)C[C@H]1c1ccc(OC)cc1. The minimum absolute atomic E-state index is 0.121. The van der Waals surface area contributed by atoms with Gasteiger partial charge in [0.05, 0.1) is 39.1 Å². The molecular formula is C27H33N3O5. The number of carbonyl (C=O) groups is 2. The summed E-state index contributed by atoms with van der Waals surface area (Å²) in [6.45, 7) is 2.94. The van der Waals surface area contributed by atoms with Crippen LogP contribution < -0.4 is 9.47 Å². The molecule has 35 heavy (non-hydrogen) atoms. The topological polar surface area (TPSA) is 80.7 Å². The molecule has 1 saturated heterocycles. The highest BCUT2D eigenvalue weighted by Gasteiger charge is 2.37. The van der Waals surface area contributed by atoms with Crippen LogP contribution in [0.25, 0.3) is 0 Å². The van der Waals surface area contributed by atoms with Gasteiger partial charge in [-0.15, -0.1) is 0 Å². The van der Waals surface area contributed by atoms with E-state index in [9.17, 15) is 9.59 Å². The number of hydrogen-bond acceptors (Lipinski definition) is 7. The monoisotopic (exact) mass is 479 g/mol. The third kappa shape index (κ3) is 5.65. The van der Waals surface area contributed by atoms with Crippen LogP contribution >= 0.6 is 0 Å². The normalized spacial score (nSPS) is 20.3. The summed E-state index contributed by atoms with van der Waals surface area (Å²) in [6.07, 6.45) is 3.19. The molecule has 0 aromatic heterocycles. The molecule has 4 rings (SSSR count). The van der Waals surface area contributed by atoms with Crippen LogP contribution in [0, 0.1) is 0 Å². The number of methoxy groups -OCH3 is 2. The maximum atomic E-state index is 13.6. The van der Waals surface area contributed by atoms with Crippen molar-refractivity contribution in [3.05, 3.63) is 59.7 Å². The van der Waals surface area contributed by atoms with E-state index in [2.05, 4.69) is 0 Å². The molecule has 8 heteroatoms. The summed E-state index contributed by atoms with van der Waals surface area (Å²) in [5, 5.41) is 6.35. The van der Waals surface area contributed by atoms with Crippen molar-refractivity contribution < 1.29 is 23.8 Å². The van der Waals surface area contributed by atoms with E-state index < -0.39 is 0 Å². The first-order valence-corrected chi connectivity index (χ1v) is 12.1. The van der Waals surface area contributed by atoms with E-state index in [1.165, 1.54) is 0 Å². The fraction of sp³-hybridized carbons (Fsp3) is 0.444. The van der Waals surface area contributed by atoms with E-state index in [-0.39, 0.29) is 30.5 Å². The van der Waals surface area contributed by atoms with Crippen molar-refractivity contribution in [3.63, 3.8) is 0 Å². The first kappa shape index (κ1) is 24.7. The fourth-order valence-electron chi connectivity index (χ4n) is 4.72. The predicted molar refractivity (Wildman–Crippen MR) is 133 cm³/mol. The highest BCUT2D eigenvalue weighted by atomic mass is 16.5. The van der Waals surface area contributed by atoms with Crippen LogP contribution in [-0.4, -0.2) is 67.5 Å². The van der Waals surface area contributed by atoms with Gasteiger partial charge in [0, 0.05) is 6.42 Å². The van der Waals surface area contributed by atoms with Crippen LogP contribution in [0.3, 0.4) is 0 Å². The number of piperidine rings is 1. The molecule has 0 spiro atoms. The smallest absolute Gasteiger partial charge is 0.323 e. The van der Waals surface area contributed by atoms with E-state index in [1.54, 1.807) is 26.2 Å². The van der Waals surface area contributed by atoms with Crippen molar-refractivity contribution in [2.24, 2.45) is 5.10 Å². The number of nitrogens with zero attached hydrogens (tertiary/aromatic N) is 3. The van der Waals surface area contributed by atoms with Gasteiger partial charge < -0.3 is 14.2 Å². The van der Waals surface area contributed by atoms with Crippen LogP contribution in [0.2, 0.25) is 0 Å². The van der Waals surface area contributed by atoms with Crippen molar-refractivity contribution in [1.82, 2.24) is 9.91 Å². The molecule has 2 heterocycles. The number of likely N-dealkylation sites (tertiary alicyclic amines) is 1. The average Bonchev–Trinajstić information content (AvgIpc) is 3.35. The van der Waals surface area contributed by atoms with Gasteiger partial charge in [-0.1, -0.05) is 18.6 Å². The highest BCUT2D eigenvalue weighted by Crippen LogP contribution is 2.34. The Morgan fingerprint density at radius 3 is 2.26 bits per heavy atom. The number of amides is 1. The average molecular weight is 480 g/mol. The van der Waals surface area contributed by atoms with E-state index in [0.29, 0.717) is 26.0 Å². The third-order valence-corrected chi connectivity index (χ3v) is 6.60. The molecule has 2 aliphatic rings. The summed E-state index contributed by atoms with van der Waals surface area (Å²) in [4.78, 5) is 28.1. The molecular weight excluding hydrogens is 446 g/mol. The van der Waals surface area contributed by atoms with Crippen LogP contribution in [0.15, 0.2) is 53.6 Å². The Labute approximate surface area is 206 Å². The zero-order valence-corrected chi connectivity index (χ0v) is 20.6. The van der Waals surface area contributed by atoms with Crippen molar-refractivity contribution in [2.45, 2.75) is 44.7 Å². The minimum Gasteiger partial charge on any atom is -0.497 e. The van der Waals surface area contributed by atoms with Crippen LogP contribution in [0.1, 0.15) is 49.8 Å². The second kappa shape index (κ2) is 11.4. The van der Waals surface area contributed by atoms with Crippen molar-refractivity contribution in [3.8, 4) is 11.5 Å². The van der Waals surface area contributed by atoms with Gasteiger partial charge in [-0.2, -0.15) is 5.10 Å². The summed E-state index contributed by atoms with van der Waals surface area (Å²) in [7, 11) is 3.26. The molecule has 0 aliphatic carbocycles. The molecule has 8 nitrogen and oxygen atoms in total. The summed E-state index contributed by atoms with van der Waals surface area (Å²) in [5.41, 5.74) is 2.76. The molecule has 0 bridgehead atoms. The lowest BCUT2D eigenvalue weighted by molar-refractivity contribution is -0.152. The van der Waals surface area contributed by atoms with Gasteiger partial charge >= 0.3 is 5.97 Å². The standard InChI is InChI=1S/C27H33N3O5/c1-4-35-27(32)24-7-5-6-16-29(24)18-26(31)30-25(20-10-14-22(34-3)15-11-20)17-23(28-30)19-8-12-21(33-2)13-9-19/h8-15,24-25H,4-7,16-18H2,1-3H3/t24-,25+/m1/s1. The summed E-state index contributed by atoms with van der Waals surface area (Å²) >= 11 is 0. The zero-order valence-electron chi connectivity index (χ0n) is 20.6. The molecule has 2 aromatic carbocycles. The lowest BCUT2D eigenvalue weighted by Gasteiger charge is -2.34. The van der Waals surface area contributed by atoms with Crippen molar-refractivity contribution in [2.75, 3.05) is 33.9 Å². The number of rotatable bonds is 8. The number of benzene rings is 2. The van der Waals surface area contributed by atoms with Gasteiger partial charge in [0.15, 0.2) is 0 Å². The van der Waals surface area contributed by atoms with Gasteiger partial charge in [0.1, 0.15) is 17.5 Å². The minimum atomic E-state index is -0.389. The Morgan fingerprint density at radius 1 is 0.971 bits per heavy atom. The largest absolute Gasteiger partial charge is 0.497 e.